The molecule has 0 aliphatic rings. The molecule has 0 heterocycles. The van der Waals surface area contributed by atoms with Crippen LogP contribution in [0.25, 0.3) is 0 Å². The molecule has 0 saturated carbocycles. The van der Waals surface area contributed by atoms with Crippen LogP contribution in [0.15, 0.2) is 36.9 Å². The molecule has 0 radical (unpaired) electrons. The Morgan fingerprint density at radius 3 is 2.59 bits per heavy atom. The quantitative estimate of drug-likeness (QED) is 0.642. The molecule has 0 bridgehead atoms. The van der Waals surface area contributed by atoms with Crippen molar-refractivity contribution < 1.29 is 9.53 Å². The molecule has 0 aliphatic carbocycles. The van der Waals surface area contributed by atoms with Crippen molar-refractivity contribution in [3.63, 3.8) is 0 Å². The van der Waals surface area contributed by atoms with Gasteiger partial charge >= 0.3 is 5.97 Å². The van der Waals surface area contributed by atoms with Crippen LogP contribution in [0.3, 0.4) is 0 Å². The van der Waals surface area contributed by atoms with E-state index in [9.17, 15) is 4.79 Å². The molecule has 0 amide bonds. The standard InChI is InChI=1S/C14H19NO2/c1-5-13(16)17-10(2)11-8-6-7-9-12(11)14(3,4)15/h5-10H,1,15H2,2-4H3. The molecule has 2 N–H and O–H groups in total. The predicted octanol–water partition coefficient (Wildman–Crippen LogP) is 2.67. The molecule has 3 heteroatoms. The van der Waals surface area contributed by atoms with Crippen LogP contribution in [-0.4, -0.2) is 5.97 Å². The van der Waals surface area contributed by atoms with Crippen molar-refractivity contribution in [3.8, 4) is 0 Å². The minimum absolute atomic E-state index is 0.334. The minimum atomic E-state index is -0.467. The third-order valence-electron chi connectivity index (χ3n) is 2.55. The third kappa shape index (κ3) is 3.43. The molecule has 1 aromatic rings. The first kappa shape index (κ1) is 13.5. The van der Waals surface area contributed by atoms with Crippen molar-refractivity contribution in [2.75, 3.05) is 0 Å². The molecule has 1 atom stereocenters. The molecule has 1 unspecified atom stereocenters. The van der Waals surface area contributed by atoms with E-state index in [0.717, 1.165) is 17.2 Å². The fourth-order valence-electron chi connectivity index (χ4n) is 1.72. The number of hydrogen-bond acceptors (Lipinski definition) is 3. The van der Waals surface area contributed by atoms with Crippen molar-refractivity contribution in [2.24, 2.45) is 5.73 Å². The molecule has 0 saturated heterocycles. The Labute approximate surface area is 102 Å². The maximum atomic E-state index is 11.2. The summed E-state index contributed by atoms with van der Waals surface area (Å²) in [5, 5.41) is 0. The minimum Gasteiger partial charge on any atom is -0.455 e. The molecule has 1 aromatic carbocycles. The topological polar surface area (TPSA) is 52.3 Å². The van der Waals surface area contributed by atoms with E-state index in [4.69, 9.17) is 10.5 Å². The largest absolute Gasteiger partial charge is 0.455 e. The van der Waals surface area contributed by atoms with Gasteiger partial charge in [0.2, 0.25) is 0 Å². The van der Waals surface area contributed by atoms with Crippen LogP contribution in [0.4, 0.5) is 0 Å². The van der Waals surface area contributed by atoms with Crippen LogP contribution in [0.5, 0.6) is 0 Å². The summed E-state index contributed by atoms with van der Waals surface area (Å²) in [5.74, 6) is -0.429. The van der Waals surface area contributed by atoms with Gasteiger partial charge in [-0.15, -0.1) is 0 Å². The molecule has 3 nitrogen and oxygen atoms in total. The highest BCUT2D eigenvalue weighted by molar-refractivity contribution is 5.81. The molecule has 0 aromatic heterocycles. The summed E-state index contributed by atoms with van der Waals surface area (Å²) in [7, 11) is 0. The maximum absolute atomic E-state index is 11.2. The molecule has 17 heavy (non-hydrogen) atoms. The van der Waals surface area contributed by atoms with E-state index in [1.807, 2.05) is 45.0 Å². The van der Waals surface area contributed by atoms with Gasteiger partial charge in [0.05, 0.1) is 0 Å². The van der Waals surface area contributed by atoms with Crippen LogP contribution < -0.4 is 5.73 Å². The van der Waals surface area contributed by atoms with Gasteiger partial charge in [0.1, 0.15) is 6.10 Å². The summed E-state index contributed by atoms with van der Waals surface area (Å²) in [6.45, 7) is 9.05. The van der Waals surface area contributed by atoms with Crippen LogP contribution >= 0.6 is 0 Å². The van der Waals surface area contributed by atoms with Gasteiger partial charge in [-0.05, 0) is 31.9 Å². The normalized spacial score (nSPS) is 12.9. The fourth-order valence-corrected chi connectivity index (χ4v) is 1.72. The number of esters is 1. The van der Waals surface area contributed by atoms with Crippen LogP contribution in [0, 0.1) is 0 Å². The smallest absolute Gasteiger partial charge is 0.330 e. The van der Waals surface area contributed by atoms with Crippen molar-refractivity contribution in [1.29, 1.82) is 0 Å². The van der Waals surface area contributed by atoms with E-state index in [-0.39, 0.29) is 6.10 Å². The van der Waals surface area contributed by atoms with E-state index in [2.05, 4.69) is 6.58 Å². The summed E-state index contributed by atoms with van der Waals surface area (Å²) >= 11 is 0. The Balaban J connectivity index is 3.05. The van der Waals surface area contributed by atoms with Gasteiger partial charge in [-0.3, -0.25) is 0 Å². The second kappa shape index (κ2) is 5.15. The molecule has 0 spiro atoms. The second-order valence-corrected chi connectivity index (χ2v) is 4.59. The average molecular weight is 233 g/mol. The molecule has 1 rings (SSSR count). The molecular formula is C14H19NO2. The Morgan fingerprint density at radius 1 is 1.47 bits per heavy atom. The van der Waals surface area contributed by atoms with E-state index in [1.54, 1.807) is 0 Å². The van der Waals surface area contributed by atoms with Gasteiger partial charge in [-0.2, -0.15) is 0 Å². The lowest BCUT2D eigenvalue weighted by Crippen LogP contribution is -2.30. The van der Waals surface area contributed by atoms with Gasteiger partial charge in [0.25, 0.3) is 0 Å². The van der Waals surface area contributed by atoms with Crippen LogP contribution in [0.2, 0.25) is 0 Å². The number of ether oxygens (including phenoxy) is 1. The summed E-state index contributed by atoms with van der Waals surface area (Å²) in [6.07, 6.45) is 0.826. The molecular weight excluding hydrogens is 214 g/mol. The summed E-state index contributed by atoms with van der Waals surface area (Å²) in [5.41, 5.74) is 7.53. The zero-order valence-electron chi connectivity index (χ0n) is 10.6. The average Bonchev–Trinajstić information content (AvgIpc) is 2.27. The van der Waals surface area contributed by atoms with Crippen LogP contribution in [0.1, 0.15) is 38.0 Å². The van der Waals surface area contributed by atoms with Crippen LogP contribution in [-0.2, 0) is 15.1 Å². The SMILES string of the molecule is C=CC(=O)OC(C)c1ccccc1C(C)(C)N. The van der Waals surface area contributed by atoms with E-state index in [0.29, 0.717) is 0 Å². The first-order chi connectivity index (χ1) is 7.86. The van der Waals surface area contributed by atoms with Crippen molar-refractivity contribution >= 4 is 5.97 Å². The molecule has 0 fully saturated rings. The number of nitrogens with two attached hydrogens (primary N) is 1. The van der Waals surface area contributed by atoms with E-state index >= 15 is 0 Å². The number of carbonyl (C=O) groups excluding carboxylic acids is 1. The highest BCUT2D eigenvalue weighted by atomic mass is 16.5. The maximum Gasteiger partial charge on any atom is 0.330 e. The number of carbonyl (C=O) groups is 1. The monoisotopic (exact) mass is 233 g/mol. The third-order valence-corrected chi connectivity index (χ3v) is 2.55. The molecule has 0 aliphatic heterocycles. The zero-order chi connectivity index (χ0) is 13.1. The lowest BCUT2D eigenvalue weighted by atomic mass is 9.89. The number of hydrogen-bond donors (Lipinski definition) is 1. The van der Waals surface area contributed by atoms with Crippen molar-refractivity contribution in [3.05, 3.63) is 48.0 Å². The van der Waals surface area contributed by atoms with E-state index in [1.165, 1.54) is 0 Å². The molecule has 92 valence electrons. The highest BCUT2D eigenvalue weighted by Gasteiger charge is 2.22. The summed E-state index contributed by atoms with van der Waals surface area (Å²) < 4.78 is 5.21. The number of benzene rings is 1. The summed E-state index contributed by atoms with van der Waals surface area (Å²) in [4.78, 5) is 11.2. The van der Waals surface area contributed by atoms with Gasteiger partial charge in [-0.1, -0.05) is 30.8 Å². The lowest BCUT2D eigenvalue weighted by Gasteiger charge is -2.25. The Bertz CT molecular complexity index is 418. The Hall–Kier alpha value is -1.61. The van der Waals surface area contributed by atoms with Gasteiger partial charge in [0.15, 0.2) is 0 Å². The fraction of sp³-hybridized carbons (Fsp3) is 0.357. The summed E-state index contributed by atoms with van der Waals surface area (Å²) in [6, 6.07) is 7.71. The number of rotatable bonds is 4. The predicted molar refractivity (Wildman–Crippen MR) is 68.4 cm³/mol. The Kier molecular flexibility index (Phi) is 4.07. The van der Waals surface area contributed by atoms with Gasteiger partial charge in [-0.25, -0.2) is 4.79 Å². The van der Waals surface area contributed by atoms with Gasteiger partial charge < -0.3 is 10.5 Å². The highest BCUT2D eigenvalue weighted by Crippen LogP contribution is 2.28. The van der Waals surface area contributed by atoms with Crippen molar-refractivity contribution in [1.82, 2.24) is 0 Å². The first-order valence-electron chi connectivity index (χ1n) is 5.57. The zero-order valence-corrected chi connectivity index (χ0v) is 10.6. The first-order valence-corrected chi connectivity index (χ1v) is 5.57. The van der Waals surface area contributed by atoms with E-state index < -0.39 is 11.5 Å². The van der Waals surface area contributed by atoms with Gasteiger partial charge in [0, 0.05) is 11.6 Å². The lowest BCUT2D eigenvalue weighted by molar-refractivity contribution is -0.142. The Morgan fingerprint density at radius 2 is 2.06 bits per heavy atom. The van der Waals surface area contributed by atoms with Crippen molar-refractivity contribution in [2.45, 2.75) is 32.4 Å². The second-order valence-electron chi connectivity index (χ2n) is 4.59.